The predicted molar refractivity (Wildman–Crippen MR) is 201 cm³/mol. The smallest absolute Gasteiger partial charge is 0.0542 e. The normalized spacial score (nSPS) is 11.5. The topological polar surface area (TPSA) is 8.17 Å². The largest absolute Gasteiger partial charge is 0.344 e. The van der Waals surface area contributed by atoms with Crippen LogP contribution in [0.25, 0.3) is 65.9 Å². The maximum Gasteiger partial charge on any atom is 0.0542 e. The minimum atomic E-state index is 1.16. The van der Waals surface area contributed by atoms with Crippen molar-refractivity contribution in [3.8, 4) is 27.9 Å². The zero-order valence-corrected chi connectivity index (χ0v) is 27.1. The number of benzene rings is 6. The van der Waals surface area contributed by atoms with Crippen LogP contribution in [0, 0.1) is 13.8 Å². The minimum Gasteiger partial charge on any atom is -0.344 e. The molecular formula is C43H34N2S. The molecule has 0 saturated carbocycles. The summed E-state index contributed by atoms with van der Waals surface area (Å²) in [5.41, 5.74) is 13.3. The Bertz CT molecular complexity index is 2420. The van der Waals surface area contributed by atoms with Gasteiger partial charge in [-0.2, -0.15) is 0 Å². The van der Waals surface area contributed by atoms with E-state index < -0.39 is 0 Å². The minimum absolute atomic E-state index is 1.16. The van der Waals surface area contributed by atoms with Gasteiger partial charge in [0.05, 0.1) is 11.0 Å². The molecule has 0 amide bonds. The van der Waals surface area contributed by atoms with Crippen LogP contribution in [0.3, 0.4) is 0 Å². The third-order valence-corrected chi connectivity index (χ3v) is 10.4. The second kappa shape index (κ2) is 11.2. The Kier molecular flexibility index (Phi) is 6.85. The van der Waals surface area contributed by atoms with E-state index in [1.807, 2.05) is 17.4 Å². The molecule has 0 atom stereocenters. The molecule has 0 fully saturated rings. The van der Waals surface area contributed by atoms with E-state index in [4.69, 9.17) is 0 Å². The molecule has 2 nitrogen and oxygen atoms in total. The van der Waals surface area contributed by atoms with Crippen molar-refractivity contribution in [1.29, 1.82) is 0 Å². The molecule has 2 aromatic heterocycles. The average molecular weight is 611 g/mol. The van der Waals surface area contributed by atoms with Crippen molar-refractivity contribution in [2.75, 3.05) is 11.9 Å². The Morgan fingerprint density at radius 2 is 1.30 bits per heavy atom. The molecule has 0 aliphatic carbocycles. The molecule has 0 aliphatic rings. The summed E-state index contributed by atoms with van der Waals surface area (Å²) in [5, 5.41) is 3.79. The van der Waals surface area contributed by atoms with Crippen molar-refractivity contribution in [3.63, 3.8) is 0 Å². The number of hydrogen-bond donors (Lipinski definition) is 0. The Hall–Kier alpha value is -5.38. The number of aryl methyl sites for hydroxylation is 2. The monoisotopic (exact) mass is 610 g/mol. The van der Waals surface area contributed by atoms with Gasteiger partial charge in [0.25, 0.3) is 0 Å². The van der Waals surface area contributed by atoms with E-state index in [1.165, 1.54) is 81.5 Å². The Morgan fingerprint density at radius 3 is 2.09 bits per heavy atom. The van der Waals surface area contributed by atoms with E-state index in [1.54, 1.807) is 0 Å². The number of thiophene rings is 1. The Labute approximate surface area is 274 Å². The van der Waals surface area contributed by atoms with E-state index in [0.717, 1.165) is 5.69 Å². The van der Waals surface area contributed by atoms with Crippen molar-refractivity contribution in [1.82, 2.24) is 4.57 Å². The number of para-hydroxylation sites is 2. The lowest BCUT2D eigenvalue weighted by molar-refractivity contribution is 1.17. The van der Waals surface area contributed by atoms with Crippen molar-refractivity contribution in [2.45, 2.75) is 13.8 Å². The molecule has 46 heavy (non-hydrogen) atoms. The van der Waals surface area contributed by atoms with E-state index in [-0.39, 0.29) is 0 Å². The van der Waals surface area contributed by atoms with Crippen molar-refractivity contribution in [3.05, 3.63) is 156 Å². The van der Waals surface area contributed by atoms with Gasteiger partial charge in [0.2, 0.25) is 0 Å². The predicted octanol–water partition coefficient (Wildman–Crippen LogP) is 12.4. The van der Waals surface area contributed by atoms with Crippen LogP contribution in [0.5, 0.6) is 0 Å². The van der Waals surface area contributed by atoms with Crippen LogP contribution in [-0.4, -0.2) is 11.6 Å². The van der Waals surface area contributed by atoms with Crippen molar-refractivity contribution < 1.29 is 0 Å². The molecule has 6 aromatic carbocycles. The Morgan fingerprint density at radius 1 is 0.609 bits per heavy atom. The molecule has 0 aliphatic heterocycles. The number of rotatable bonds is 6. The van der Waals surface area contributed by atoms with Gasteiger partial charge in [-0.05, 0) is 102 Å². The third kappa shape index (κ3) is 4.63. The van der Waals surface area contributed by atoms with Gasteiger partial charge in [-0.3, -0.25) is 0 Å². The fraction of sp³-hybridized carbons (Fsp3) is 0.0698. The molecule has 0 radical (unpaired) electrons. The van der Waals surface area contributed by atoms with Crippen LogP contribution in [-0.2, 0) is 0 Å². The molecular weight excluding hydrogens is 577 g/mol. The first-order chi connectivity index (χ1) is 22.5. The molecule has 0 unspecified atom stereocenters. The van der Waals surface area contributed by atoms with Gasteiger partial charge >= 0.3 is 0 Å². The third-order valence-electron chi connectivity index (χ3n) is 9.29. The van der Waals surface area contributed by atoms with Crippen molar-refractivity contribution >= 4 is 60.7 Å². The zero-order chi connectivity index (χ0) is 31.4. The summed E-state index contributed by atoms with van der Waals surface area (Å²) < 4.78 is 3.71. The molecule has 8 aromatic rings. The lowest BCUT2D eigenvalue weighted by atomic mass is 9.98. The number of fused-ring (bicyclic) bond motifs is 4. The first kappa shape index (κ1) is 28.1. The number of hydrogen-bond acceptors (Lipinski definition) is 2. The van der Waals surface area contributed by atoms with Gasteiger partial charge in [0.1, 0.15) is 0 Å². The van der Waals surface area contributed by atoms with Gasteiger partial charge in [-0.15, -0.1) is 11.3 Å². The fourth-order valence-corrected chi connectivity index (χ4v) is 7.93. The van der Waals surface area contributed by atoms with Gasteiger partial charge < -0.3 is 9.47 Å². The molecule has 3 heteroatoms. The van der Waals surface area contributed by atoms with E-state index >= 15 is 0 Å². The first-order valence-corrected chi connectivity index (χ1v) is 16.5. The highest BCUT2D eigenvalue weighted by atomic mass is 32.1. The van der Waals surface area contributed by atoms with Crippen LogP contribution >= 0.6 is 11.3 Å². The quantitative estimate of drug-likeness (QED) is 0.182. The lowest BCUT2D eigenvalue weighted by Crippen LogP contribution is -2.10. The summed E-state index contributed by atoms with van der Waals surface area (Å²) in [6.45, 7) is 8.39. The highest BCUT2D eigenvalue weighted by Gasteiger charge is 2.15. The van der Waals surface area contributed by atoms with Gasteiger partial charge in [-0.25, -0.2) is 0 Å². The molecule has 8 rings (SSSR count). The van der Waals surface area contributed by atoms with Crippen molar-refractivity contribution in [2.24, 2.45) is 0 Å². The van der Waals surface area contributed by atoms with E-state index in [0.29, 0.717) is 0 Å². The highest BCUT2D eigenvalue weighted by molar-refractivity contribution is 7.19. The molecule has 222 valence electrons. The fourth-order valence-electron chi connectivity index (χ4n) is 6.88. The summed E-state index contributed by atoms with van der Waals surface area (Å²) in [6, 6.07) is 48.7. The number of nitrogens with zero attached hydrogens (tertiary/aromatic N) is 2. The molecule has 0 N–H and O–H groups in total. The van der Waals surface area contributed by atoms with E-state index in [2.05, 4.69) is 170 Å². The molecule has 0 saturated heterocycles. The van der Waals surface area contributed by atoms with Gasteiger partial charge in [0, 0.05) is 49.8 Å². The van der Waals surface area contributed by atoms with Crippen LogP contribution in [0.4, 0.5) is 11.4 Å². The second-order valence-electron chi connectivity index (χ2n) is 12.0. The standard InChI is InChI=1S/C43H34N2S/c1-5-36-29(3)46-43-24-21-33(26-39(36)43)31-19-17-30(18-20-31)32-12-10-13-35(25-32)45-41-16-9-7-14-37(41)38-27-34(22-23-42(38)45)44(4)40-15-8-6-11-28(40)2/h5-27H,1H2,2-4H3. The van der Waals surface area contributed by atoms with Crippen LogP contribution in [0.2, 0.25) is 0 Å². The lowest BCUT2D eigenvalue weighted by Gasteiger charge is -2.22. The summed E-state index contributed by atoms with van der Waals surface area (Å²) >= 11 is 1.83. The summed E-state index contributed by atoms with van der Waals surface area (Å²) in [7, 11) is 2.15. The van der Waals surface area contributed by atoms with Crippen LogP contribution in [0.1, 0.15) is 16.0 Å². The summed E-state index contributed by atoms with van der Waals surface area (Å²) in [4.78, 5) is 3.60. The molecule has 2 heterocycles. The maximum absolute atomic E-state index is 4.05. The van der Waals surface area contributed by atoms with E-state index in [9.17, 15) is 0 Å². The molecule has 0 bridgehead atoms. The second-order valence-corrected chi connectivity index (χ2v) is 13.3. The summed E-state index contributed by atoms with van der Waals surface area (Å²) in [5.74, 6) is 0. The van der Waals surface area contributed by atoms with Gasteiger partial charge in [-0.1, -0.05) is 91.5 Å². The maximum atomic E-state index is 4.05. The Balaban J connectivity index is 1.18. The van der Waals surface area contributed by atoms with Crippen LogP contribution < -0.4 is 4.90 Å². The van der Waals surface area contributed by atoms with Gasteiger partial charge in [0.15, 0.2) is 0 Å². The molecule has 0 spiro atoms. The first-order valence-electron chi connectivity index (χ1n) is 15.7. The zero-order valence-electron chi connectivity index (χ0n) is 26.3. The van der Waals surface area contributed by atoms with Crippen LogP contribution in [0.15, 0.2) is 140 Å². The average Bonchev–Trinajstić information content (AvgIpc) is 3.61. The highest BCUT2D eigenvalue weighted by Crippen LogP contribution is 2.38. The number of anilines is 2. The summed E-state index contributed by atoms with van der Waals surface area (Å²) in [6.07, 6.45) is 1.98. The SMILES string of the molecule is C=Cc1c(C)sc2ccc(-c3ccc(-c4cccc(-n5c6ccccc6c6cc(N(C)c7ccccc7C)ccc65)c4)cc3)cc12. The number of aromatic nitrogens is 1.